The molecular formula is C27H32Cl2N2O6. The van der Waals surface area contributed by atoms with E-state index < -0.39 is 12.1 Å². The fourth-order valence-electron chi connectivity index (χ4n) is 6.85. The van der Waals surface area contributed by atoms with Gasteiger partial charge in [-0.05, 0) is 32.9 Å². The van der Waals surface area contributed by atoms with Gasteiger partial charge in [0.05, 0.1) is 69.3 Å². The molecule has 5 rings (SSSR count). The number of hydrogen-bond acceptors (Lipinski definition) is 7. The van der Waals surface area contributed by atoms with Crippen molar-refractivity contribution in [2.24, 2.45) is 0 Å². The van der Waals surface area contributed by atoms with Crippen molar-refractivity contribution < 1.29 is 28.8 Å². The van der Waals surface area contributed by atoms with Gasteiger partial charge in [0, 0.05) is 34.2 Å². The first kappa shape index (κ1) is 26.2. The molecule has 3 heterocycles. The Balaban J connectivity index is 1.80. The van der Waals surface area contributed by atoms with E-state index in [1.165, 1.54) is 0 Å². The van der Waals surface area contributed by atoms with Gasteiger partial charge in [-0.15, -0.1) is 0 Å². The highest BCUT2D eigenvalue weighted by molar-refractivity contribution is 6.33. The van der Waals surface area contributed by atoms with Crippen molar-refractivity contribution in [3.05, 3.63) is 43.4 Å². The van der Waals surface area contributed by atoms with Crippen LogP contribution in [0.15, 0.2) is 0 Å². The molecule has 0 spiro atoms. The smallest absolute Gasteiger partial charge is 0.241 e. The minimum atomic E-state index is -0.656. The third kappa shape index (κ3) is 3.38. The number of piperazine rings is 1. The van der Waals surface area contributed by atoms with Crippen LogP contribution in [0.1, 0.15) is 45.5 Å². The van der Waals surface area contributed by atoms with Crippen molar-refractivity contribution in [3.8, 4) is 23.0 Å². The van der Waals surface area contributed by atoms with Crippen molar-refractivity contribution in [1.82, 2.24) is 9.80 Å². The largest absolute Gasteiger partial charge is 0.496 e. The number of halogens is 2. The molecule has 4 atom stereocenters. The molecule has 0 radical (unpaired) electrons. The first-order chi connectivity index (χ1) is 17.7. The molecular weight excluding hydrogens is 519 g/mol. The van der Waals surface area contributed by atoms with Crippen molar-refractivity contribution in [3.63, 3.8) is 0 Å². The topological polar surface area (TPSA) is 80.7 Å². The Morgan fingerprint density at radius 3 is 2.03 bits per heavy atom. The summed E-state index contributed by atoms with van der Waals surface area (Å²) in [6, 6.07) is -1.72. The predicted molar refractivity (Wildman–Crippen MR) is 141 cm³/mol. The van der Waals surface area contributed by atoms with Gasteiger partial charge in [-0.25, -0.2) is 0 Å². The molecule has 1 fully saturated rings. The quantitative estimate of drug-likeness (QED) is 0.601. The van der Waals surface area contributed by atoms with Gasteiger partial charge in [-0.2, -0.15) is 0 Å². The third-order valence-electron chi connectivity index (χ3n) is 8.38. The van der Waals surface area contributed by atoms with E-state index in [1.54, 1.807) is 28.4 Å². The van der Waals surface area contributed by atoms with E-state index in [0.717, 1.165) is 27.8 Å². The predicted octanol–water partition coefficient (Wildman–Crippen LogP) is 4.04. The van der Waals surface area contributed by atoms with Crippen LogP contribution >= 0.6 is 23.2 Å². The summed E-state index contributed by atoms with van der Waals surface area (Å²) in [5.41, 5.74) is 4.89. The summed E-state index contributed by atoms with van der Waals surface area (Å²) in [6.45, 7) is 3.50. The Labute approximate surface area is 226 Å². The van der Waals surface area contributed by atoms with Crippen LogP contribution in [0.3, 0.4) is 0 Å². The van der Waals surface area contributed by atoms with Gasteiger partial charge >= 0.3 is 0 Å². The maximum atomic E-state index is 14.1. The molecule has 2 aromatic rings. The number of aliphatic hydroxyl groups excluding tert-OH is 1. The Hall–Kier alpha value is -2.39. The minimum Gasteiger partial charge on any atom is -0.496 e. The first-order valence-corrected chi connectivity index (χ1v) is 12.9. The second kappa shape index (κ2) is 9.42. The highest BCUT2D eigenvalue weighted by Crippen LogP contribution is 2.57. The van der Waals surface area contributed by atoms with Gasteiger partial charge in [-0.3, -0.25) is 9.69 Å². The van der Waals surface area contributed by atoms with E-state index in [2.05, 4.69) is 4.90 Å². The second-order valence-corrected chi connectivity index (χ2v) is 10.6. The average molecular weight is 551 g/mol. The number of ether oxygens (including phenoxy) is 4. The second-order valence-electron chi connectivity index (χ2n) is 9.84. The summed E-state index contributed by atoms with van der Waals surface area (Å²) < 4.78 is 23.0. The Morgan fingerprint density at radius 1 is 0.838 bits per heavy atom. The van der Waals surface area contributed by atoms with E-state index in [1.807, 2.05) is 25.8 Å². The Morgan fingerprint density at radius 2 is 1.46 bits per heavy atom. The number of fused-ring (bicyclic) bond motifs is 7. The summed E-state index contributed by atoms with van der Waals surface area (Å²) in [5.74, 6) is 2.18. The summed E-state index contributed by atoms with van der Waals surface area (Å²) in [7, 11) is 8.28. The molecule has 3 aliphatic rings. The van der Waals surface area contributed by atoms with Crippen LogP contribution in [0.5, 0.6) is 23.0 Å². The lowest BCUT2D eigenvalue weighted by Crippen LogP contribution is -2.67. The lowest BCUT2D eigenvalue weighted by atomic mass is 9.74. The summed E-state index contributed by atoms with van der Waals surface area (Å²) in [4.78, 5) is 18.0. The molecule has 3 aliphatic heterocycles. The fraction of sp³-hybridized carbons (Fsp3) is 0.519. The van der Waals surface area contributed by atoms with Crippen LogP contribution < -0.4 is 18.9 Å². The van der Waals surface area contributed by atoms with Crippen LogP contribution in [-0.2, 0) is 17.6 Å². The summed E-state index contributed by atoms with van der Waals surface area (Å²) >= 11 is 14.0. The van der Waals surface area contributed by atoms with Crippen molar-refractivity contribution in [2.45, 2.75) is 50.9 Å². The average Bonchev–Trinajstić information content (AvgIpc) is 2.88. The molecule has 2 bridgehead atoms. The fourth-order valence-corrected chi connectivity index (χ4v) is 7.55. The molecule has 8 nitrogen and oxygen atoms in total. The van der Waals surface area contributed by atoms with Gasteiger partial charge in [0.2, 0.25) is 5.91 Å². The van der Waals surface area contributed by atoms with E-state index in [9.17, 15) is 9.90 Å². The molecule has 37 heavy (non-hydrogen) atoms. The normalized spacial score (nSPS) is 24.3. The monoisotopic (exact) mass is 550 g/mol. The lowest BCUT2D eigenvalue weighted by Gasteiger charge is -2.57. The first-order valence-electron chi connectivity index (χ1n) is 12.2. The molecule has 0 aliphatic carbocycles. The molecule has 2 aromatic carbocycles. The lowest BCUT2D eigenvalue weighted by molar-refractivity contribution is -0.158. The molecule has 2 unspecified atom stereocenters. The number of benzene rings is 2. The van der Waals surface area contributed by atoms with Gasteiger partial charge in [-0.1, -0.05) is 23.2 Å². The number of rotatable bonds is 5. The summed E-state index contributed by atoms with van der Waals surface area (Å²) in [6.07, 6.45) is 0.881. The van der Waals surface area contributed by atoms with E-state index >= 15 is 0 Å². The molecule has 1 amide bonds. The SMILES string of the molecule is COc1c(C)c(OC)c2c(c1Cl)C1[C@@H]3Cc4c(Cl)c(C)c(OC)c(OC)c4[C@H](CO)N3C(=O)C(C2)N1C. The Bertz CT molecular complexity index is 1300. The Kier molecular flexibility index (Phi) is 6.67. The zero-order chi connectivity index (χ0) is 26.9. The maximum absolute atomic E-state index is 14.1. The van der Waals surface area contributed by atoms with Crippen LogP contribution in [-0.4, -0.2) is 75.0 Å². The van der Waals surface area contributed by atoms with E-state index in [4.69, 9.17) is 42.1 Å². The molecule has 0 saturated carbocycles. The number of likely N-dealkylation sites (N-methyl/N-ethyl adjacent to an activating group) is 1. The molecule has 1 saturated heterocycles. The van der Waals surface area contributed by atoms with Crippen LogP contribution in [0, 0.1) is 13.8 Å². The highest BCUT2D eigenvalue weighted by atomic mass is 35.5. The molecule has 1 N–H and O–H groups in total. The van der Waals surface area contributed by atoms with Gasteiger partial charge in [0.25, 0.3) is 0 Å². The van der Waals surface area contributed by atoms with Crippen LogP contribution in [0.25, 0.3) is 0 Å². The number of carbonyl (C=O) groups excluding carboxylic acids is 1. The summed E-state index contributed by atoms with van der Waals surface area (Å²) in [5, 5.41) is 11.8. The molecule has 0 aromatic heterocycles. The van der Waals surface area contributed by atoms with Gasteiger partial charge in [0.1, 0.15) is 11.5 Å². The zero-order valence-corrected chi connectivity index (χ0v) is 23.6. The van der Waals surface area contributed by atoms with E-state index in [0.29, 0.717) is 51.4 Å². The van der Waals surface area contributed by atoms with Crippen LogP contribution in [0.4, 0.5) is 0 Å². The minimum absolute atomic E-state index is 0.0662. The van der Waals surface area contributed by atoms with Crippen molar-refractivity contribution in [1.29, 1.82) is 0 Å². The van der Waals surface area contributed by atoms with E-state index in [-0.39, 0.29) is 24.6 Å². The molecule has 10 heteroatoms. The van der Waals surface area contributed by atoms with Crippen molar-refractivity contribution >= 4 is 29.1 Å². The highest BCUT2D eigenvalue weighted by Gasteiger charge is 2.56. The number of aliphatic hydroxyl groups is 1. The zero-order valence-electron chi connectivity index (χ0n) is 22.1. The number of methoxy groups -OCH3 is 4. The van der Waals surface area contributed by atoms with Gasteiger partial charge < -0.3 is 29.0 Å². The standard InChI is InChI=1S/C27H32Cl2N2O6/c1-11-20(28)13-8-15-22-19-14(23(34-4)12(2)24(35-5)21(19)29)9-16(30(22)3)27(33)31(15)17(10-32)18(13)26(37-7)25(11)36-6/h15-17,22,32H,8-10H2,1-7H3/t15-,16?,17-,22?/m0/s1. The maximum Gasteiger partial charge on any atom is 0.241 e. The number of hydrogen-bond donors (Lipinski definition) is 1. The van der Waals surface area contributed by atoms with Crippen LogP contribution in [0.2, 0.25) is 10.0 Å². The number of nitrogens with zero attached hydrogens (tertiary/aromatic N) is 2. The number of amides is 1. The third-order valence-corrected chi connectivity index (χ3v) is 9.27. The number of carbonyl (C=O) groups is 1. The van der Waals surface area contributed by atoms with Gasteiger partial charge in [0.15, 0.2) is 11.5 Å². The van der Waals surface area contributed by atoms with Crippen molar-refractivity contribution in [2.75, 3.05) is 42.1 Å². The molecule has 200 valence electrons.